The van der Waals surface area contributed by atoms with Gasteiger partial charge < -0.3 is 0 Å². The minimum Gasteiger partial charge on any atom is -0.206 e. The van der Waals surface area contributed by atoms with Gasteiger partial charge in [0.1, 0.15) is 5.82 Å². The number of halogens is 4. The topological polar surface area (TPSA) is 0 Å². The Morgan fingerprint density at radius 2 is 1.62 bits per heavy atom. The Labute approximate surface area is 73.2 Å². The van der Waals surface area contributed by atoms with Gasteiger partial charge in [0.15, 0.2) is 17.5 Å². The van der Waals surface area contributed by atoms with Gasteiger partial charge in [-0.1, -0.05) is 13.3 Å². The first-order chi connectivity index (χ1) is 6.07. The van der Waals surface area contributed by atoms with Crippen LogP contribution in [-0.2, 0) is 6.42 Å². The normalized spacial score (nSPS) is 10.5. The summed E-state index contributed by atoms with van der Waals surface area (Å²) in [5.41, 5.74) is -0.388. The molecule has 0 atom stereocenters. The van der Waals surface area contributed by atoms with E-state index in [9.17, 15) is 17.6 Å². The first-order valence-corrected chi connectivity index (χ1v) is 3.89. The van der Waals surface area contributed by atoms with Gasteiger partial charge in [-0.05, 0) is 6.42 Å². The van der Waals surface area contributed by atoms with Gasteiger partial charge in [0.2, 0.25) is 0 Å². The average molecular weight is 192 g/mol. The van der Waals surface area contributed by atoms with E-state index in [1.165, 1.54) is 0 Å². The summed E-state index contributed by atoms with van der Waals surface area (Å²) in [4.78, 5) is 0. The summed E-state index contributed by atoms with van der Waals surface area (Å²) in [6, 6.07) is 0.364. The summed E-state index contributed by atoms with van der Waals surface area (Å²) < 4.78 is 50.7. The molecule has 1 aromatic rings. The largest absolute Gasteiger partial charge is 0.206 e. The Morgan fingerprint density at radius 3 is 2.15 bits per heavy atom. The minimum absolute atomic E-state index is 0.0644. The summed E-state index contributed by atoms with van der Waals surface area (Å²) in [5, 5.41) is 0. The van der Waals surface area contributed by atoms with Gasteiger partial charge in [-0.2, -0.15) is 0 Å². The number of benzene rings is 1. The summed E-state index contributed by atoms with van der Waals surface area (Å²) in [7, 11) is 0. The molecule has 0 bridgehead atoms. The SMILES string of the molecule is CCCc1c(F)cc(F)c(F)c1F. The third-order valence-corrected chi connectivity index (χ3v) is 1.71. The molecule has 0 aliphatic carbocycles. The monoisotopic (exact) mass is 192 g/mol. The van der Waals surface area contributed by atoms with E-state index in [-0.39, 0.29) is 12.0 Å². The van der Waals surface area contributed by atoms with E-state index in [0.29, 0.717) is 12.5 Å². The highest BCUT2D eigenvalue weighted by Gasteiger charge is 2.17. The van der Waals surface area contributed by atoms with Crippen molar-refractivity contribution in [3.05, 3.63) is 34.9 Å². The standard InChI is InChI=1S/C9H8F4/c1-2-3-5-6(10)4-7(11)9(13)8(5)12/h4H,2-3H2,1H3. The number of hydrogen-bond acceptors (Lipinski definition) is 0. The molecule has 1 rings (SSSR count). The van der Waals surface area contributed by atoms with Crippen LogP contribution < -0.4 is 0 Å². The lowest BCUT2D eigenvalue weighted by atomic mass is 10.1. The van der Waals surface area contributed by atoms with Crippen molar-refractivity contribution in [2.24, 2.45) is 0 Å². The molecule has 0 aromatic heterocycles. The van der Waals surface area contributed by atoms with Gasteiger partial charge in [0.05, 0.1) is 0 Å². The lowest BCUT2D eigenvalue weighted by Gasteiger charge is -2.04. The van der Waals surface area contributed by atoms with Crippen molar-refractivity contribution in [2.75, 3.05) is 0 Å². The highest BCUT2D eigenvalue weighted by atomic mass is 19.2. The predicted octanol–water partition coefficient (Wildman–Crippen LogP) is 3.20. The fourth-order valence-corrected chi connectivity index (χ4v) is 1.08. The van der Waals surface area contributed by atoms with Crippen molar-refractivity contribution >= 4 is 0 Å². The highest BCUT2D eigenvalue weighted by molar-refractivity contribution is 5.22. The quantitative estimate of drug-likeness (QED) is 0.383. The van der Waals surface area contributed by atoms with Crippen LogP contribution in [0.2, 0.25) is 0 Å². The van der Waals surface area contributed by atoms with E-state index in [1.54, 1.807) is 6.92 Å². The fourth-order valence-electron chi connectivity index (χ4n) is 1.08. The molecule has 0 spiro atoms. The Kier molecular flexibility index (Phi) is 2.90. The zero-order valence-electron chi connectivity index (χ0n) is 7.00. The molecule has 0 N–H and O–H groups in total. The maximum absolute atomic E-state index is 12.9. The van der Waals surface area contributed by atoms with E-state index in [1.807, 2.05) is 0 Å². The molecule has 0 heterocycles. The third-order valence-electron chi connectivity index (χ3n) is 1.71. The molecule has 0 radical (unpaired) electrons. The maximum Gasteiger partial charge on any atom is 0.194 e. The van der Waals surface area contributed by atoms with Gasteiger partial charge in [-0.3, -0.25) is 0 Å². The van der Waals surface area contributed by atoms with Crippen molar-refractivity contribution in [1.29, 1.82) is 0 Å². The first kappa shape index (κ1) is 10.0. The molecule has 72 valence electrons. The van der Waals surface area contributed by atoms with Crippen molar-refractivity contribution in [1.82, 2.24) is 0 Å². The van der Waals surface area contributed by atoms with Crippen LogP contribution in [0.25, 0.3) is 0 Å². The zero-order chi connectivity index (χ0) is 10.0. The Morgan fingerprint density at radius 1 is 1.00 bits per heavy atom. The van der Waals surface area contributed by atoms with Gasteiger partial charge >= 0.3 is 0 Å². The van der Waals surface area contributed by atoms with Crippen LogP contribution in [-0.4, -0.2) is 0 Å². The summed E-state index contributed by atoms with van der Waals surface area (Å²) in [5.74, 6) is -5.54. The van der Waals surface area contributed by atoms with E-state index in [0.717, 1.165) is 0 Å². The first-order valence-electron chi connectivity index (χ1n) is 3.89. The predicted molar refractivity (Wildman–Crippen MR) is 40.3 cm³/mol. The second kappa shape index (κ2) is 3.77. The van der Waals surface area contributed by atoms with Crippen LogP contribution in [0.15, 0.2) is 6.07 Å². The maximum atomic E-state index is 12.9. The van der Waals surface area contributed by atoms with Gasteiger partial charge in [0.25, 0.3) is 0 Å². The van der Waals surface area contributed by atoms with Crippen LogP contribution in [0.3, 0.4) is 0 Å². The molecule has 0 aliphatic heterocycles. The smallest absolute Gasteiger partial charge is 0.194 e. The molecule has 13 heavy (non-hydrogen) atoms. The third kappa shape index (κ3) is 1.82. The zero-order valence-corrected chi connectivity index (χ0v) is 7.00. The minimum atomic E-state index is -1.61. The summed E-state index contributed by atoms with van der Waals surface area (Å²) >= 11 is 0. The van der Waals surface area contributed by atoms with Gasteiger partial charge in [0, 0.05) is 11.6 Å². The van der Waals surface area contributed by atoms with Crippen molar-refractivity contribution in [3.8, 4) is 0 Å². The van der Waals surface area contributed by atoms with Crippen LogP contribution in [0, 0.1) is 23.3 Å². The molecular weight excluding hydrogens is 184 g/mol. The summed E-state index contributed by atoms with van der Waals surface area (Å²) in [6.07, 6.45) is 0.535. The lowest BCUT2D eigenvalue weighted by Crippen LogP contribution is -2.01. The molecule has 0 aliphatic rings. The molecule has 0 fully saturated rings. The number of hydrogen-bond donors (Lipinski definition) is 0. The van der Waals surface area contributed by atoms with E-state index >= 15 is 0 Å². The van der Waals surface area contributed by atoms with Crippen LogP contribution in [0.5, 0.6) is 0 Å². The van der Waals surface area contributed by atoms with E-state index in [2.05, 4.69) is 0 Å². The van der Waals surface area contributed by atoms with Crippen LogP contribution in [0.1, 0.15) is 18.9 Å². The molecule has 0 unspecified atom stereocenters. The molecular formula is C9H8F4. The fraction of sp³-hybridized carbons (Fsp3) is 0.333. The van der Waals surface area contributed by atoms with Gasteiger partial charge in [-0.25, -0.2) is 17.6 Å². The summed E-state index contributed by atoms with van der Waals surface area (Å²) in [6.45, 7) is 1.69. The second-order valence-electron chi connectivity index (χ2n) is 2.70. The lowest BCUT2D eigenvalue weighted by molar-refractivity contribution is 0.424. The van der Waals surface area contributed by atoms with Crippen molar-refractivity contribution < 1.29 is 17.6 Å². The second-order valence-corrected chi connectivity index (χ2v) is 2.70. The van der Waals surface area contributed by atoms with Crippen LogP contribution in [0.4, 0.5) is 17.6 Å². The van der Waals surface area contributed by atoms with Crippen molar-refractivity contribution in [2.45, 2.75) is 19.8 Å². The van der Waals surface area contributed by atoms with Crippen LogP contribution >= 0.6 is 0 Å². The average Bonchev–Trinajstić information content (AvgIpc) is 2.09. The van der Waals surface area contributed by atoms with Crippen molar-refractivity contribution in [3.63, 3.8) is 0 Å². The number of rotatable bonds is 2. The molecule has 4 heteroatoms. The Bertz CT molecular complexity index is 320. The molecule has 0 saturated carbocycles. The Hall–Kier alpha value is -1.06. The van der Waals surface area contributed by atoms with E-state index < -0.39 is 23.3 Å². The molecule has 1 aromatic carbocycles. The van der Waals surface area contributed by atoms with Gasteiger partial charge in [-0.15, -0.1) is 0 Å². The Balaban J connectivity index is 3.26. The molecule has 0 nitrogen and oxygen atoms in total. The highest BCUT2D eigenvalue weighted by Crippen LogP contribution is 2.20. The molecule has 0 amide bonds. The molecule has 0 saturated heterocycles. The van der Waals surface area contributed by atoms with E-state index in [4.69, 9.17) is 0 Å².